The van der Waals surface area contributed by atoms with E-state index in [1.54, 1.807) is 4.31 Å². The summed E-state index contributed by atoms with van der Waals surface area (Å²) in [6.07, 6.45) is 3.58. The van der Waals surface area contributed by atoms with E-state index >= 15 is 0 Å². The van der Waals surface area contributed by atoms with Gasteiger partial charge in [0.1, 0.15) is 0 Å². The van der Waals surface area contributed by atoms with Gasteiger partial charge in [0.25, 0.3) is 0 Å². The Labute approximate surface area is 123 Å². The molecule has 118 valence electrons. The van der Waals surface area contributed by atoms with Gasteiger partial charge >= 0.3 is 0 Å². The van der Waals surface area contributed by atoms with E-state index in [2.05, 4.69) is 5.32 Å². The van der Waals surface area contributed by atoms with E-state index in [0.717, 1.165) is 19.3 Å². The second-order valence-electron chi connectivity index (χ2n) is 6.01. The van der Waals surface area contributed by atoms with Crippen molar-refractivity contribution in [3.05, 3.63) is 0 Å². The number of carbonyl (C=O) groups is 1. The molecule has 1 N–H and O–H groups in total. The zero-order valence-electron chi connectivity index (χ0n) is 12.9. The number of hydrogen-bond acceptors (Lipinski definition) is 3. The highest BCUT2D eigenvalue weighted by Crippen LogP contribution is 2.16. The molecule has 0 spiro atoms. The first-order valence-corrected chi connectivity index (χ1v) is 9.23. The molecule has 1 amide bonds. The van der Waals surface area contributed by atoms with E-state index in [0.29, 0.717) is 31.8 Å². The average Bonchev–Trinajstić information content (AvgIpc) is 2.36. The van der Waals surface area contributed by atoms with Crippen LogP contribution < -0.4 is 5.32 Å². The van der Waals surface area contributed by atoms with Gasteiger partial charge in [-0.25, -0.2) is 12.7 Å². The summed E-state index contributed by atoms with van der Waals surface area (Å²) in [5.74, 6) is 0.672. The lowest BCUT2D eigenvalue weighted by atomic mass is 10.1. The van der Waals surface area contributed by atoms with Crippen LogP contribution in [0.5, 0.6) is 0 Å². The average molecular weight is 304 g/mol. The van der Waals surface area contributed by atoms with Gasteiger partial charge in [0.05, 0.1) is 5.75 Å². The Morgan fingerprint density at radius 3 is 2.40 bits per heavy atom. The second-order valence-corrected chi connectivity index (χ2v) is 8.10. The molecule has 0 unspecified atom stereocenters. The first-order valence-electron chi connectivity index (χ1n) is 7.62. The summed E-state index contributed by atoms with van der Waals surface area (Å²) in [5, 5.41) is 3.00. The van der Waals surface area contributed by atoms with Gasteiger partial charge in [-0.3, -0.25) is 4.79 Å². The molecular formula is C14H28N2O3S. The molecule has 0 aromatic heterocycles. The highest BCUT2D eigenvalue weighted by atomic mass is 32.2. The van der Waals surface area contributed by atoms with Gasteiger partial charge in [0.15, 0.2) is 0 Å². The van der Waals surface area contributed by atoms with Crippen LogP contribution in [0.3, 0.4) is 0 Å². The van der Waals surface area contributed by atoms with Gasteiger partial charge in [-0.2, -0.15) is 0 Å². The van der Waals surface area contributed by atoms with Crippen LogP contribution in [0.25, 0.3) is 0 Å². The van der Waals surface area contributed by atoms with Crippen molar-refractivity contribution in [2.75, 3.05) is 18.8 Å². The van der Waals surface area contributed by atoms with Crippen molar-refractivity contribution in [3.63, 3.8) is 0 Å². The van der Waals surface area contributed by atoms with Gasteiger partial charge in [-0.15, -0.1) is 0 Å². The van der Waals surface area contributed by atoms with Crippen molar-refractivity contribution >= 4 is 15.9 Å². The fraction of sp³-hybridized carbons (Fsp3) is 0.929. The number of unbranched alkanes of at least 4 members (excludes halogenated alkanes) is 1. The third kappa shape index (κ3) is 5.79. The minimum absolute atomic E-state index is 0.0762. The number of piperidine rings is 1. The Kier molecular flexibility index (Phi) is 6.95. The number of amides is 1. The van der Waals surface area contributed by atoms with Crippen molar-refractivity contribution in [3.8, 4) is 0 Å². The number of hydrogen-bond donors (Lipinski definition) is 1. The van der Waals surface area contributed by atoms with Crippen molar-refractivity contribution in [1.82, 2.24) is 9.62 Å². The maximum atomic E-state index is 12.1. The molecule has 0 saturated carbocycles. The van der Waals surface area contributed by atoms with Gasteiger partial charge in [-0.1, -0.05) is 27.2 Å². The van der Waals surface area contributed by atoms with E-state index in [4.69, 9.17) is 0 Å². The molecule has 1 fully saturated rings. The first kappa shape index (κ1) is 17.4. The van der Waals surface area contributed by atoms with Crippen LogP contribution in [0.15, 0.2) is 0 Å². The smallest absolute Gasteiger partial charge is 0.220 e. The Morgan fingerprint density at radius 2 is 1.90 bits per heavy atom. The zero-order valence-corrected chi connectivity index (χ0v) is 13.7. The molecule has 0 radical (unpaired) electrons. The molecular weight excluding hydrogens is 276 g/mol. The quantitative estimate of drug-likeness (QED) is 0.779. The lowest BCUT2D eigenvalue weighted by Crippen LogP contribution is -2.47. The lowest BCUT2D eigenvalue weighted by molar-refractivity contribution is -0.122. The summed E-state index contributed by atoms with van der Waals surface area (Å²) in [6.45, 7) is 7.08. The molecule has 5 nitrogen and oxygen atoms in total. The maximum absolute atomic E-state index is 12.1. The summed E-state index contributed by atoms with van der Waals surface area (Å²) >= 11 is 0. The Bertz CT molecular complexity index is 399. The van der Waals surface area contributed by atoms with Crippen molar-refractivity contribution in [2.24, 2.45) is 5.92 Å². The van der Waals surface area contributed by atoms with Crippen LogP contribution in [-0.4, -0.2) is 43.5 Å². The van der Waals surface area contributed by atoms with Crippen LogP contribution in [-0.2, 0) is 14.8 Å². The highest BCUT2D eigenvalue weighted by Gasteiger charge is 2.28. The van der Waals surface area contributed by atoms with Crippen LogP contribution in [0.1, 0.15) is 52.9 Å². The third-order valence-corrected chi connectivity index (χ3v) is 5.52. The maximum Gasteiger partial charge on any atom is 0.220 e. The Balaban J connectivity index is 2.38. The SMILES string of the molecule is CCCCS(=O)(=O)N1CCC(NC(=O)CC(C)C)CC1. The van der Waals surface area contributed by atoms with Gasteiger partial charge in [0.2, 0.25) is 15.9 Å². The van der Waals surface area contributed by atoms with Gasteiger partial charge in [-0.05, 0) is 25.2 Å². The van der Waals surface area contributed by atoms with Crippen LogP contribution in [0, 0.1) is 5.92 Å². The van der Waals surface area contributed by atoms with Crippen LogP contribution in [0.2, 0.25) is 0 Å². The second kappa shape index (κ2) is 7.98. The van der Waals surface area contributed by atoms with Crippen LogP contribution in [0.4, 0.5) is 0 Å². The minimum Gasteiger partial charge on any atom is -0.353 e. The standard InChI is InChI=1S/C14H28N2O3S/c1-4-5-10-20(18,19)16-8-6-13(7-9-16)15-14(17)11-12(2)3/h12-13H,4-11H2,1-3H3,(H,15,17). The molecule has 0 aromatic rings. The number of rotatable bonds is 7. The van der Waals surface area contributed by atoms with Crippen molar-refractivity contribution < 1.29 is 13.2 Å². The lowest BCUT2D eigenvalue weighted by Gasteiger charge is -2.31. The van der Waals surface area contributed by atoms with Gasteiger partial charge in [0, 0.05) is 25.6 Å². The molecule has 1 saturated heterocycles. The summed E-state index contributed by atoms with van der Waals surface area (Å²) < 4.78 is 25.7. The predicted octanol–water partition coefficient (Wildman–Crippen LogP) is 1.74. The minimum atomic E-state index is -3.10. The molecule has 6 heteroatoms. The zero-order chi connectivity index (χ0) is 15.2. The predicted molar refractivity (Wildman–Crippen MR) is 80.9 cm³/mol. The van der Waals surface area contributed by atoms with E-state index in [9.17, 15) is 13.2 Å². The van der Waals surface area contributed by atoms with Gasteiger partial charge < -0.3 is 5.32 Å². The topological polar surface area (TPSA) is 66.5 Å². The fourth-order valence-electron chi connectivity index (χ4n) is 2.39. The highest BCUT2D eigenvalue weighted by molar-refractivity contribution is 7.89. The molecule has 0 aromatic carbocycles. The Hall–Kier alpha value is -0.620. The molecule has 1 rings (SSSR count). The van der Waals surface area contributed by atoms with E-state index < -0.39 is 10.0 Å². The normalized spacial score (nSPS) is 18.4. The van der Waals surface area contributed by atoms with E-state index in [1.807, 2.05) is 20.8 Å². The number of nitrogens with one attached hydrogen (secondary N) is 1. The molecule has 0 atom stereocenters. The summed E-state index contributed by atoms with van der Waals surface area (Å²) in [5.41, 5.74) is 0. The van der Waals surface area contributed by atoms with Crippen molar-refractivity contribution in [1.29, 1.82) is 0 Å². The largest absolute Gasteiger partial charge is 0.353 e. The Morgan fingerprint density at radius 1 is 1.30 bits per heavy atom. The van der Waals surface area contributed by atoms with E-state index in [-0.39, 0.29) is 17.7 Å². The molecule has 20 heavy (non-hydrogen) atoms. The summed E-state index contributed by atoms with van der Waals surface area (Å²) in [7, 11) is -3.10. The summed E-state index contributed by atoms with van der Waals surface area (Å²) in [6, 6.07) is 0.124. The summed E-state index contributed by atoms with van der Waals surface area (Å²) in [4.78, 5) is 11.7. The van der Waals surface area contributed by atoms with E-state index in [1.165, 1.54) is 0 Å². The molecule has 1 aliphatic rings. The first-order chi connectivity index (χ1) is 9.35. The molecule has 0 bridgehead atoms. The molecule has 1 heterocycles. The number of sulfonamides is 1. The number of nitrogens with zero attached hydrogens (tertiary/aromatic N) is 1. The molecule has 1 aliphatic heterocycles. The number of carbonyl (C=O) groups excluding carboxylic acids is 1. The monoisotopic (exact) mass is 304 g/mol. The van der Waals surface area contributed by atoms with Crippen LogP contribution >= 0.6 is 0 Å². The van der Waals surface area contributed by atoms with Crippen molar-refractivity contribution in [2.45, 2.75) is 58.9 Å². The molecule has 0 aliphatic carbocycles. The third-order valence-electron chi connectivity index (χ3n) is 3.56. The fourth-order valence-corrected chi connectivity index (χ4v) is 4.07.